The molecule has 0 rings (SSSR count). The minimum absolute atomic E-state index is 0.488. The zero-order valence-corrected chi connectivity index (χ0v) is 6.91. The molecule has 1 atom stereocenters. The summed E-state index contributed by atoms with van der Waals surface area (Å²) in [6.07, 6.45) is 2.59. The molecule has 2 nitrogen and oxygen atoms in total. The van der Waals surface area contributed by atoms with Crippen molar-refractivity contribution >= 4 is 30.4 Å². The average Bonchev–Trinajstić information content (AvgIpc) is 1.82. The van der Waals surface area contributed by atoms with Crippen LogP contribution in [0.3, 0.4) is 0 Å². The summed E-state index contributed by atoms with van der Waals surface area (Å²) < 4.78 is 0. The zero-order valence-electron chi connectivity index (χ0n) is 5.20. The van der Waals surface area contributed by atoms with Crippen molar-refractivity contribution < 1.29 is 9.90 Å². The lowest BCUT2D eigenvalue weighted by atomic mass is 10.3. The van der Waals surface area contributed by atoms with Crippen LogP contribution in [0.4, 0.5) is 0 Å². The lowest BCUT2D eigenvalue weighted by Crippen LogP contribution is -2.13. The molecule has 1 N–H and O–H groups in total. The normalized spacial score (nSPS) is 13.1. The molecule has 0 aliphatic rings. The highest BCUT2D eigenvalue weighted by molar-refractivity contribution is 7.98. The molecule has 0 heterocycles. The van der Waals surface area contributed by atoms with E-state index in [4.69, 9.17) is 5.11 Å². The topological polar surface area (TPSA) is 37.3 Å². The van der Waals surface area contributed by atoms with Crippen LogP contribution >= 0.6 is 24.4 Å². The number of rotatable bonds is 4. The Morgan fingerprint density at radius 1 is 1.89 bits per heavy atom. The first-order valence-electron chi connectivity index (χ1n) is 2.58. The van der Waals surface area contributed by atoms with Gasteiger partial charge in [0.15, 0.2) is 0 Å². The molecule has 0 bridgehead atoms. The van der Waals surface area contributed by atoms with Gasteiger partial charge in [0.25, 0.3) is 0 Å². The van der Waals surface area contributed by atoms with Crippen LogP contribution in [0.2, 0.25) is 0 Å². The molecule has 0 unspecified atom stereocenters. The second kappa shape index (κ2) is 4.99. The Kier molecular flexibility index (Phi) is 5.09. The van der Waals surface area contributed by atoms with E-state index in [0.717, 1.165) is 5.75 Å². The smallest absolute Gasteiger partial charge is 0.316 e. The fourth-order valence-electron chi connectivity index (χ4n) is 0.353. The molecule has 0 amide bonds. The SMILES string of the molecule is CSCC[C@@H](S)C(=O)O. The van der Waals surface area contributed by atoms with E-state index in [-0.39, 0.29) is 0 Å². The summed E-state index contributed by atoms with van der Waals surface area (Å²) in [7, 11) is 0. The van der Waals surface area contributed by atoms with Gasteiger partial charge in [0.05, 0.1) is 0 Å². The molecule has 0 aromatic rings. The summed E-state index contributed by atoms with van der Waals surface area (Å²) in [6.45, 7) is 0. The summed E-state index contributed by atoms with van der Waals surface area (Å²) in [5.74, 6) is 0.0351. The van der Waals surface area contributed by atoms with Crippen molar-refractivity contribution in [3.8, 4) is 0 Å². The highest BCUT2D eigenvalue weighted by Crippen LogP contribution is 2.05. The predicted molar refractivity (Wildman–Crippen MR) is 43.4 cm³/mol. The van der Waals surface area contributed by atoms with E-state index >= 15 is 0 Å². The fraction of sp³-hybridized carbons (Fsp3) is 0.800. The lowest BCUT2D eigenvalue weighted by molar-refractivity contribution is -0.136. The summed E-state index contributed by atoms with van der Waals surface area (Å²) in [4.78, 5) is 10.1. The van der Waals surface area contributed by atoms with Gasteiger partial charge in [0.2, 0.25) is 0 Å². The molecule has 4 heteroatoms. The molecule has 0 aromatic carbocycles. The third-order valence-electron chi connectivity index (χ3n) is 0.880. The van der Waals surface area contributed by atoms with Gasteiger partial charge in [-0.15, -0.1) is 0 Å². The Labute approximate surface area is 64.4 Å². The molecule has 0 saturated heterocycles. The van der Waals surface area contributed by atoms with E-state index in [0.29, 0.717) is 6.42 Å². The van der Waals surface area contributed by atoms with Crippen LogP contribution in [0.15, 0.2) is 0 Å². The zero-order chi connectivity index (χ0) is 7.28. The van der Waals surface area contributed by atoms with Crippen molar-refractivity contribution in [3.63, 3.8) is 0 Å². The van der Waals surface area contributed by atoms with E-state index in [2.05, 4.69) is 12.6 Å². The minimum Gasteiger partial charge on any atom is -0.480 e. The fourth-order valence-corrected chi connectivity index (χ4v) is 1.13. The van der Waals surface area contributed by atoms with Gasteiger partial charge in [-0.3, -0.25) is 4.79 Å². The molecule has 9 heavy (non-hydrogen) atoms. The monoisotopic (exact) mass is 166 g/mol. The van der Waals surface area contributed by atoms with Gasteiger partial charge in [-0.1, -0.05) is 0 Å². The molecule has 0 aliphatic heterocycles. The number of carbonyl (C=O) groups is 1. The maximum absolute atomic E-state index is 10.1. The molecular formula is C5H10O2S2. The third-order valence-corrected chi connectivity index (χ3v) is 2.00. The average molecular weight is 166 g/mol. The predicted octanol–water partition coefficient (Wildman–Crippen LogP) is 1.12. The molecular weight excluding hydrogens is 156 g/mol. The molecule has 0 aliphatic carbocycles. The number of carboxylic acid groups (broad SMARTS) is 1. The van der Waals surface area contributed by atoms with E-state index in [9.17, 15) is 4.79 Å². The summed E-state index contributed by atoms with van der Waals surface area (Å²) >= 11 is 5.48. The molecule has 0 saturated carbocycles. The van der Waals surface area contributed by atoms with Crippen LogP contribution in [0.1, 0.15) is 6.42 Å². The summed E-state index contributed by atoms with van der Waals surface area (Å²) in [6, 6.07) is 0. The number of hydrogen-bond acceptors (Lipinski definition) is 3. The Morgan fingerprint density at radius 3 is 2.78 bits per heavy atom. The van der Waals surface area contributed by atoms with Gasteiger partial charge < -0.3 is 5.11 Å². The highest BCUT2D eigenvalue weighted by Gasteiger charge is 2.09. The quantitative estimate of drug-likeness (QED) is 0.615. The maximum atomic E-state index is 10.1. The number of thioether (sulfide) groups is 1. The molecule has 0 fully saturated rings. The van der Waals surface area contributed by atoms with Crippen LogP contribution in [-0.2, 0) is 4.79 Å². The number of carboxylic acids is 1. The van der Waals surface area contributed by atoms with E-state index in [1.54, 1.807) is 11.8 Å². The largest absolute Gasteiger partial charge is 0.480 e. The first kappa shape index (κ1) is 9.17. The Hall–Kier alpha value is 0.170. The van der Waals surface area contributed by atoms with Crippen LogP contribution < -0.4 is 0 Å². The molecule has 54 valence electrons. The number of hydrogen-bond donors (Lipinski definition) is 2. The standard InChI is InChI=1S/C5H10O2S2/c1-9-3-2-4(8)5(6)7/h4,8H,2-3H2,1H3,(H,6,7)/t4-/m1/s1. The van der Waals surface area contributed by atoms with Gasteiger partial charge in [0, 0.05) is 0 Å². The highest BCUT2D eigenvalue weighted by atomic mass is 32.2. The van der Waals surface area contributed by atoms with Gasteiger partial charge in [-0.2, -0.15) is 24.4 Å². The second-order valence-corrected chi connectivity index (χ2v) is 3.24. The van der Waals surface area contributed by atoms with Crippen molar-refractivity contribution in [3.05, 3.63) is 0 Å². The van der Waals surface area contributed by atoms with E-state index in [1.165, 1.54) is 0 Å². The van der Waals surface area contributed by atoms with E-state index < -0.39 is 11.2 Å². The Bertz CT molecular complexity index is 95.0. The van der Waals surface area contributed by atoms with Crippen molar-refractivity contribution in [1.82, 2.24) is 0 Å². The molecule has 0 aromatic heterocycles. The van der Waals surface area contributed by atoms with Crippen molar-refractivity contribution in [1.29, 1.82) is 0 Å². The summed E-state index contributed by atoms with van der Waals surface area (Å²) in [5, 5.41) is 7.83. The number of thiol groups is 1. The van der Waals surface area contributed by atoms with Crippen LogP contribution in [0.25, 0.3) is 0 Å². The van der Waals surface area contributed by atoms with Gasteiger partial charge in [-0.25, -0.2) is 0 Å². The van der Waals surface area contributed by atoms with Gasteiger partial charge in [0.1, 0.15) is 5.25 Å². The summed E-state index contributed by atoms with van der Waals surface area (Å²) in [5.41, 5.74) is 0. The van der Waals surface area contributed by atoms with Crippen molar-refractivity contribution in [2.24, 2.45) is 0 Å². The van der Waals surface area contributed by atoms with Crippen LogP contribution in [0, 0.1) is 0 Å². The maximum Gasteiger partial charge on any atom is 0.316 e. The van der Waals surface area contributed by atoms with Gasteiger partial charge in [-0.05, 0) is 18.4 Å². The van der Waals surface area contributed by atoms with Gasteiger partial charge >= 0.3 is 5.97 Å². The first-order valence-corrected chi connectivity index (χ1v) is 4.49. The first-order chi connectivity index (χ1) is 4.18. The van der Waals surface area contributed by atoms with Crippen molar-refractivity contribution in [2.75, 3.05) is 12.0 Å². The second-order valence-electron chi connectivity index (χ2n) is 1.64. The van der Waals surface area contributed by atoms with Crippen LogP contribution in [-0.4, -0.2) is 28.3 Å². The Morgan fingerprint density at radius 2 is 2.44 bits per heavy atom. The van der Waals surface area contributed by atoms with E-state index in [1.807, 2.05) is 6.26 Å². The molecule has 0 spiro atoms. The van der Waals surface area contributed by atoms with Crippen molar-refractivity contribution in [2.45, 2.75) is 11.7 Å². The third kappa shape index (κ3) is 4.66. The Balaban J connectivity index is 3.27. The minimum atomic E-state index is -0.826. The number of aliphatic carboxylic acids is 1. The van der Waals surface area contributed by atoms with Crippen LogP contribution in [0.5, 0.6) is 0 Å². The molecule has 0 radical (unpaired) electrons. The lowest BCUT2D eigenvalue weighted by Gasteiger charge is -2.01.